The van der Waals surface area contributed by atoms with Crippen LogP contribution >= 0.6 is 0 Å². The summed E-state index contributed by atoms with van der Waals surface area (Å²) in [5.41, 5.74) is 5.75. The highest BCUT2D eigenvalue weighted by Crippen LogP contribution is 2.40. The van der Waals surface area contributed by atoms with Crippen LogP contribution in [0.5, 0.6) is 0 Å². The summed E-state index contributed by atoms with van der Waals surface area (Å²) in [5, 5.41) is 2.27. The van der Waals surface area contributed by atoms with Gasteiger partial charge in [-0.05, 0) is 32.1 Å². The molecule has 0 spiro atoms. The first-order valence-corrected chi connectivity index (χ1v) is 6.88. The van der Waals surface area contributed by atoms with Crippen LogP contribution in [0, 0.1) is 0 Å². The molecule has 2 aromatic heterocycles. The van der Waals surface area contributed by atoms with E-state index in [2.05, 4.69) is 46.2 Å². The monoisotopic (exact) mass is 261 g/mol. The molecule has 3 heteroatoms. The molecule has 0 bridgehead atoms. The van der Waals surface area contributed by atoms with Gasteiger partial charge in [-0.3, -0.25) is 9.39 Å². The Bertz CT molecular complexity index is 884. The van der Waals surface area contributed by atoms with Crippen LogP contribution in [0.3, 0.4) is 0 Å². The van der Waals surface area contributed by atoms with E-state index < -0.39 is 0 Å². The lowest BCUT2D eigenvalue weighted by Crippen LogP contribution is -2.08. The lowest BCUT2D eigenvalue weighted by Gasteiger charge is -2.21. The van der Waals surface area contributed by atoms with Gasteiger partial charge in [0, 0.05) is 22.7 Å². The van der Waals surface area contributed by atoms with Crippen molar-refractivity contribution in [2.75, 3.05) is 0 Å². The number of aryl methyl sites for hydroxylation is 1. The fourth-order valence-corrected chi connectivity index (χ4v) is 3.24. The molecule has 0 radical (unpaired) electrons. The first-order valence-electron chi connectivity index (χ1n) is 6.88. The molecule has 0 fully saturated rings. The summed E-state index contributed by atoms with van der Waals surface area (Å²) >= 11 is 0. The van der Waals surface area contributed by atoms with Gasteiger partial charge in [-0.15, -0.1) is 0 Å². The normalized spacial score (nSPS) is 16.1. The van der Waals surface area contributed by atoms with Crippen molar-refractivity contribution in [2.24, 2.45) is 4.99 Å². The molecular weight excluding hydrogens is 246 g/mol. The maximum absolute atomic E-state index is 4.64. The lowest BCUT2D eigenvalue weighted by atomic mass is 9.97. The summed E-state index contributed by atoms with van der Waals surface area (Å²) in [5.74, 6) is 0. The maximum atomic E-state index is 4.64. The van der Waals surface area contributed by atoms with E-state index in [-0.39, 0.29) is 0 Å². The van der Waals surface area contributed by atoms with Crippen LogP contribution in [-0.4, -0.2) is 16.1 Å². The molecule has 0 amide bonds. The Morgan fingerprint density at radius 2 is 2.05 bits per heavy atom. The van der Waals surface area contributed by atoms with Crippen LogP contribution in [0.2, 0.25) is 0 Å². The molecule has 3 nitrogen and oxygen atoms in total. The van der Waals surface area contributed by atoms with Gasteiger partial charge in [0.1, 0.15) is 5.65 Å². The molecule has 1 aliphatic heterocycles. The molecule has 0 unspecified atom stereocenters. The van der Waals surface area contributed by atoms with Crippen molar-refractivity contribution < 1.29 is 0 Å². The molecule has 1 aliphatic rings. The largest absolute Gasteiger partial charge is 0.294 e. The number of rotatable bonds is 1. The Labute approximate surface area is 117 Å². The second kappa shape index (κ2) is 4.04. The summed E-state index contributed by atoms with van der Waals surface area (Å²) in [6.07, 6.45) is 6.24. The highest BCUT2D eigenvalue weighted by atomic mass is 15.0. The minimum Gasteiger partial charge on any atom is -0.294 e. The quantitative estimate of drug-likeness (QED) is 0.604. The van der Waals surface area contributed by atoms with Crippen LogP contribution in [0.4, 0.5) is 5.69 Å². The first-order chi connectivity index (χ1) is 9.85. The van der Waals surface area contributed by atoms with Gasteiger partial charge in [0.05, 0.1) is 11.4 Å². The van der Waals surface area contributed by atoms with Gasteiger partial charge in [0.2, 0.25) is 0 Å². The number of hydrogen-bond acceptors (Lipinski definition) is 2. The lowest BCUT2D eigenvalue weighted by molar-refractivity contribution is 0.875. The van der Waals surface area contributed by atoms with Crippen molar-refractivity contribution in [3.63, 3.8) is 0 Å². The van der Waals surface area contributed by atoms with E-state index in [4.69, 9.17) is 0 Å². The Kier molecular flexibility index (Phi) is 2.30. The van der Waals surface area contributed by atoms with Crippen molar-refractivity contribution in [3.8, 4) is 0 Å². The number of hydrogen-bond donors (Lipinski definition) is 0. The topological polar surface area (TPSA) is 29.7 Å². The molecule has 3 aromatic rings. The second-order valence-electron chi connectivity index (χ2n) is 5.12. The summed E-state index contributed by atoms with van der Waals surface area (Å²) in [6.45, 7) is 5.88. The number of pyridine rings is 1. The zero-order valence-electron chi connectivity index (χ0n) is 11.4. The first kappa shape index (κ1) is 11.4. The third kappa shape index (κ3) is 1.29. The zero-order valence-corrected chi connectivity index (χ0v) is 11.4. The Hall–Kier alpha value is -2.42. The predicted molar refractivity (Wildman–Crippen MR) is 83.9 cm³/mol. The van der Waals surface area contributed by atoms with Crippen LogP contribution in [0.15, 0.2) is 41.5 Å². The van der Waals surface area contributed by atoms with E-state index in [9.17, 15) is 0 Å². The Morgan fingerprint density at radius 1 is 1.25 bits per heavy atom. The average Bonchev–Trinajstić information content (AvgIpc) is 2.93. The number of allylic oxidation sites excluding steroid dienone is 2. The minimum absolute atomic E-state index is 0.972. The van der Waals surface area contributed by atoms with E-state index in [1.807, 2.05) is 18.3 Å². The van der Waals surface area contributed by atoms with E-state index in [1.54, 1.807) is 0 Å². The highest BCUT2D eigenvalue weighted by molar-refractivity contribution is 6.05. The van der Waals surface area contributed by atoms with E-state index in [0.717, 1.165) is 40.6 Å². The van der Waals surface area contributed by atoms with Gasteiger partial charge in [0.25, 0.3) is 0 Å². The van der Waals surface area contributed by atoms with Crippen molar-refractivity contribution in [3.05, 3.63) is 47.9 Å². The third-order valence-corrected chi connectivity index (χ3v) is 4.17. The number of imidazole rings is 1. The molecule has 4 rings (SSSR count). The van der Waals surface area contributed by atoms with Gasteiger partial charge in [-0.25, -0.2) is 4.98 Å². The van der Waals surface area contributed by atoms with E-state index in [0.29, 0.717) is 0 Å². The molecule has 0 saturated carbocycles. The maximum Gasteiger partial charge on any atom is 0.145 e. The van der Waals surface area contributed by atoms with Crippen molar-refractivity contribution in [1.29, 1.82) is 0 Å². The number of fused-ring (bicyclic) bond motifs is 2. The van der Waals surface area contributed by atoms with E-state index >= 15 is 0 Å². The summed E-state index contributed by atoms with van der Waals surface area (Å²) in [7, 11) is 0. The van der Waals surface area contributed by atoms with Gasteiger partial charge in [0.15, 0.2) is 0 Å². The fraction of sp³-hybridized carbons (Fsp3) is 0.176. The minimum atomic E-state index is 0.972. The van der Waals surface area contributed by atoms with Crippen LogP contribution in [-0.2, 0) is 6.42 Å². The summed E-state index contributed by atoms with van der Waals surface area (Å²) < 4.78 is 2.26. The molecule has 0 N–H and O–H groups in total. The smallest absolute Gasteiger partial charge is 0.145 e. The molecule has 0 aliphatic carbocycles. The Balaban J connectivity index is 2.35. The number of nitrogens with zero attached hydrogens (tertiary/aromatic N) is 3. The van der Waals surface area contributed by atoms with Gasteiger partial charge >= 0.3 is 0 Å². The van der Waals surface area contributed by atoms with Crippen LogP contribution in [0.25, 0.3) is 22.0 Å². The van der Waals surface area contributed by atoms with Crippen LogP contribution in [0.1, 0.15) is 24.7 Å². The molecule has 1 aromatic carbocycles. The molecule has 3 heterocycles. The molecule has 0 saturated heterocycles. The standard InChI is InChI=1S/C17H15N3/c1-3-11-8-9-12-10-19-17-14-7-5-4-6-13(14)15(18-2)16(11)20(12)17/h3-7,10H,2,8-9H2,1H3/b11-3-. The molecular formula is C17H15N3. The number of aliphatic imine (C=N–C) groups is 1. The predicted octanol–water partition coefficient (Wildman–Crippen LogP) is 4.17. The Morgan fingerprint density at radius 3 is 2.80 bits per heavy atom. The number of aromatic nitrogens is 2. The molecule has 20 heavy (non-hydrogen) atoms. The molecule has 98 valence electrons. The summed E-state index contributed by atoms with van der Waals surface area (Å²) in [6, 6.07) is 8.30. The third-order valence-electron chi connectivity index (χ3n) is 4.17. The van der Waals surface area contributed by atoms with E-state index in [1.165, 1.54) is 11.3 Å². The van der Waals surface area contributed by atoms with Gasteiger partial charge < -0.3 is 0 Å². The average molecular weight is 261 g/mol. The SMILES string of the molecule is C=Nc1c2n3c(cnc3c3ccccc13)CC/C2=C/C. The second-order valence-corrected chi connectivity index (χ2v) is 5.12. The zero-order chi connectivity index (χ0) is 13.7. The highest BCUT2D eigenvalue weighted by Gasteiger charge is 2.23. The summed E-state index contributed by atoms with van der Waals surface area (Å²) in [4.78, 5) is 8.97. The van der Waals surface area contributed by atoms with Crippen molar-refractivity contribution in [1.82, 2.24) is 9.38 Å². The van der Waals surface area contributed by atoms with Crippen molar-refractivity contribution >= 4 is 34.4 Å². The fourth-order valence-electron chi connectivity index (χ4n) is 3.24. The van der Waals surface area contributed by atoms with Gasteiger partial charge in [-0.1, -0.05) is 30.3 Å². The van der Waals surface area contributed by atoms with Crippen molar-refractivity contribution in [2.45, 2.75) is 19.8 Å². The van der Waals surface area contributed by atoms with Crippen LogP contribution < -0.4 is 0 Å². The number of benzene rings is 1. The molecule has 0 atom stereocenters. The van der Waals surface area contributed by atoms with Gasteiger partial charge in [-0.2, -0.15) is 0 Å².